The van der Waals surface area contributed by atoms with Gasteiger partial charge < -0.3 is 4.74 Å². The molecule has 5 heteroatoms. The first kappa shape index (κ1) is 23.4. The average molecular weight is 435 g/mol. The van der Waals surface area contributed by atoms with Crippen LogP contribution in [0.4, 0.5) is 17.6 Å². The summed E-state index contributed by atoms with van der Waals surface area (Å²) in [7, 11) is 0. The Morgan fingerprint density at radius 1 is 0.839 bits per heavy atom. The van der Waals surface area contributed by atoms with Gasteiger partial charge in [-0.15, -0.1) is 0 Å². The normalized spacial score (nSPS) is 19.2. The minimum Gasteiger partial charge on any atom is -0.490 e. The summed E-state index contributed by atoms with van der Waals surface area (Å²) < 4.78 is 64.2. The lowest BCUT2D eigenvalue weighted by Crippen LogP contribution is -2.13. The third-order valence-electron chi connectivity index (χ3n) is 6.13. The first-order valence-corrected chi connectivity index (χ1v) is 11.2. The SMILES string of the molecule is C/C=C/C1CCC(c2ccc(-c3ccc(OCCCCC)c(F)c3F)c(F)c2F)CC1. The maximum absolute atomic E-state index is 14.9. The first-order chi connectivity index (χ1) is 15.0. The van der Waals surface area contributed by atoms with Crippen molar-refractivity contribution in [2.75, 3.05) is 6.61 Å². The predicted molar refractivity (Wildman–Crippen MR) is 116 cm³/mol. The van der Waals surface area contributed by atoms with Gasteiger partial charge in [-0.25, -0.2) is 13.2 Å². The van der Waals surface area contributed by atoms with Crippen molar-refractivity contribution in [1.82, 2.24) is 0 Å². The molecule has 1 nitrogen and oxygen atoms in total. The second-order valence-electron chi connectivity index (χ2n) is 8.26. The summed E-state index contributed by atoms with van der Waals surface area (Å²) in [6.07, 6.45) is 10.2. The highest BCUT2D eigenvalue weighted by atomic mass is 19.2. The standard InChI is InChI=1S/C26H30F4O/c1-3-5-6-16-31-22-15-14-21(25(29)26(22)30)20-13-12-19(23(27)24(20)28)18-10-8-17(7-4-2)9-11-18/h4,7,12-15,17-18H,3,5-6,8-11,16H2,1-2H3/b7-4+. The van der Waals surface area contributed by atoms with Crippen LogP contribution >= 0.6 is 0 Å². The molecule has 0 bridgehead atoms. The van der Waals surface area contributed by atoms with Crippen LogP contribution in [0.3, 0.4) is 0 Å². The lowest BCUT2D eigenvalue weighted by molar-refractivity contribution is 0.286. The van der Waals surface area contributed by atoms with Gasteiger partial charge in [0.2, 0.25) is 5.82 Å². The summed E-state index contributed by atoms with van der Waals surface area (Å²) >= 11 is 0. The van der Waals surface area contributed by atoms with Crippen LogP contribution in [-0.4, -0.2) is 6.61 Å². The maximum atomic E-state index is 14.9. The van der Waals surface area contributed by atoms with Gasteiger partial charge in [-0.1, -0.05) is 44.1 Å². The highest BCUT2D eigenvalue weighted by Gasteiger charge is 2.27. The molecule has 0 atom stereocenters. The number of ether oxygens (including phenoxy) is 1. The van der Waals surface area contributed by atoms with Crippen molar-refractivity contribution < 1.29 is 22.3 Å². The van der Waals surface area contributed by atoms with Crippen molar-refractivity contribution in [1.29, 1.82) is 0 Å². The van der Waals surface area contributed by atoms with Gasteiger partial charge >= 0.3 is 0 Å². The monoisotopic (exact) mass is 434 g/mol. The summed E-state index contributed by atoms with van der Waals surface area (Å²) in [4.78, 5) is 0. The van der Waals surface area contributed by atoms with Crippen LogP contribution in [0.15, 0.2) is 36.4 Å². The Bertz CT molecular complexity index is 914. The van der Waals surface area contributed by atoms with Crippen LogP contribution in [0, 0.1) is 29.2 Å². The molecule has 1 saturated carbocycles. The van der Waals surface area contributed by atoms with Crippen molar-refractivity contribution in [3.05, 3.63) is 65.2 Å². The molecule has 168 valence electrons. The highest BCUT2D eigenvalue weighted by molar-refractivity contribution is 5.66. The van der Waals surface area contributed by atoms with E-state index in [4.69, 9.17) is 4.74 Å². The predicted octanol–water partition coefficient (Wildman–Crippen LogP) is 8.33. The molecule has 1 fully saturated rings. The summed E-state index contributed by atoms with van der Waals surface area (Å²) in [5.41, 5.74) is -0.270. The smallest absolute Gasteiger partial charge is 0.201 e. The zero-order valence-corrected chi connectivity index (χ0v) is 18.2. The molecular formula is C26H30F4O. The van der Waals surface area contributed by atoms with E-state index in [-0.39, 0.29) is 29.4 Å². The van der Waals surface area contributed by atoms with Crippen molar-refractivity contribution in [2.45, 2.75) is 64.7 Å². The van der Waals surface area contributed by atoms with Crippen LogP contribution in [0.5, 0.6) is 5.75 Å². The van der Waals surface area contributed by atoms with Crippen molar-refractivity contribution >= 4 is 0 Å². The fourth-order valence-corrected chi connectivity index (χ4v) is 4.37. The zero-order valence-electron chi connectivity index (χ0n) is 18.2. The number of hydrogen-bond acceptors (Lipinski definition) is 1. The summed E-state index contributed by atoms with van der Waals surface area (Å²) in [6, 6.07) is 5.38. The van der Waals surface area contributed by atoms with E-state index >= 15 is 0 Å². The van der Waals surface area contributed by atoms with Gasteiger partial charge in [-0.3, -0.25) is 0 Å². The van der Waals surface area contributed by atoms with Crippen LogP contribution in [0.25, 0.3) is 11.1 Å². The molecule has 0 spiro atoms. The largest absolute Gasteiger partial charge is 0.490 e. The van der Waals surface area contributed by atoms with E-state index in [1.54, 1.807) is 0 Å². The average Bonchev–Trinajstić information content (AvgIpc) is 2.77. The molecule has 0 aliphatic heterocycles. The Morgan fingerprint density at radius 3 is 2.13 bits per heavy atom. The van der Waals surface area contributed by atoms with Gasteiger partial charge in [0.25, 0.3) is 0 Å². The molecular weight excluding hydrogens is 404 g/mol. The quantitative estimate of drug-likeness (QED) is 0.230. The minimum atomic E-state index is -1.23. The van der Waals surface area contributed by atoms with Crippen molar-refractivity contribution in [3.8, 4) is 16.9 Å². The zero-order chi connectivity index (χ0) is 22.4. The van der Waals surface area contributed by atoms with E-state index in [1.165, 1.54) is 24.3 Å². The van der Waals surface area contributed by atoms with E-state index in [2.05, 4.69) is 6.08 Å². The molecule has 0 N–H and O–H groups in total. The van der Waals surface area contributed by atoms with E-state index in [0.717, 1.165) is 44.9 Å². The molecule has 31 heavy (non-hydrogen) atoms. The summed E-state index contributed by atoms with van der Waals surface area (Å²) in [5, 5.41) is 0. The number of hydrogen-bond donors (Lipinski definition) is 0. The minimum absolute atomic E-state index is 0.0643. The van der Waals surface area contributed by atoms with Crippen molar-refractivity contribution in [3.63, 3.8) is 0 Å². The van der Waals surface area contributed by atoms with Gasteiger partial charge in [0.05, 0.1) is 6.61 Å². The molecule has 1 aliphatic rings. The summed E-state index contributed by atoms with van der Waals surface area (Å²) in [5.74, 6) is -4.31. The van der Waals surface area contributed by atoms with Crippen molar-refractivity contribution in [2.24, 2.45) is 5.92 Å². The van der Waals surface area contributed by atoms with Gasteiger partial charge in [0.1, 0.15) is 0 Å². The highest BCUT2D eigenvalue weighted by Crippen LogP contribution is 2.40. The molecule has 0 radical (unpaired) electrons. The van der Waals surface area contributed by atoms with Crippen LogP contribution < -0.4 is 4.74 Å². The number of halogens is 4. The number of allylic oxidation sites excluding steroid dienone is 2. The molecule has 0 unspecified atom stereocenters. The Morgan fingerprint density at radius 2 is 1.48 bits per heavy atom. The van der Waals surface area contributed by atoms with Gasteiger partial charge in [0, 0.05) is 11.1 Å². The lowest BCUT2D eigenvalue weighted by Gasteiger charge is -2.27. The molecule has 0 heterocycles. The first-order valence-electron chi connectivity index (χ1n) is 11.2. The third kappa shape index (κ3) is 5.31. The van der Waals surface area contributed by atoms with Gasteiger partial charge in [-0.05, 0) is 68.6 Å². The van der Waals surface area contributed by atoms with Crippen LogP contribution in [0.1, 0.15) is 70.3 Å². The second kappa shape index (κ2) is 10.8. The fraction of sp³-hybridized carbons (Fsp3) is 0.462. The Labute approximate surface area is 182 Å². The van der Waals surface area contributed by atoms with Crippen LogP contribution in [-0.2, 0) is 0 Å². The summed E-state index contributed by atoms with van der Waals surface area (Å²) in [6.45, 7) is 4.28. The molecule has 2 aromatic carbocycles. The molecule has 2 aromatic rings. The van der Waals surface area contributed by atoms with Gasteiger partial charge in [0.15, 0.2) is 23.2 Å². The number of benzene rings is 2. The van der Waals surface area contributed by atoms with E-state index < -0.39 is 23.3 Å². The molecule has 3 rings (SSSR count). The molecule has 1 aliphatic carbocycles. The number of rotatable bonds is 8. The lowest BCUT2D eigenvalue weighted by atomic mass is 9.78. The Hall–Kier alpha value is -2.30. The van der Waals surface area contributed by atoms with E-state index in [9.17, 15) is 17.6 Å². The van der Waals surface area contributed by atoms with E-state index in [1.807, 2.05) is 19.9 Å². The third-order valence-corrected chi connectivity index (χ3v) is 6.13. The Balaban J connectivity index is 1.81. The van der Waals surface area contributed by atoms with Gasteiger partial charge in [-0.2, -0.15) is 4.39 Å². The molecule has 0 amide bonds. The number of unbranched alkanes of at least 4 members (excludes halogenated alkanes) is 2. The van der Waals surface area contributed by atoms with Crippen LogP contribution in [0.2, 0.25) is 0 Å². The Kier molecular flexibility index (Phi) is 8.16. The molecule has 0 saturated heterocycles. The topological polar surface area (TPSA) is 9.23 Å². The maximum Gasteiger partial charge on any atom is 0.201 e. The second-order valence-corrected chi connectivity index (χ2v) is 8.26. The molecule has 0 aromatic heterocycles. The fourth-order valence-electron chi connectivity index (χ4n) is 4.37. The van der Waals surface area contributed by atoms with E-state index in [0.29, 0.717) is 11.5 Å².